The monoisotopic (exact) mass is 454 g/mol. The Kier molecular flexibility index (Phi) is 6.11. The maximum atomic E-state index is 12.9. The number of rotatable bonds is 5. The molecule has 3 N–H and O–H groups in total. The highest BCUT2D eigenvalue weighted by Crippen LogP contribution is 2.31. The van der Waals surface area contributed by atoms with E-state index in [9.17, 15) is 14.4 Å². The Morgan fingerprint density at radius 3 is 2.71 bits per heavy atom. The third-order valence-corrected chi connectivity index (χ3v) is 6.26. The van der Waals surface area contributed by atoms with Gasteiger partial charge in [-0.1, -0.05) is 59.8 Å². The molecule has 0 saturated heterocycles. The van der Waals surface area contributed by atoms with Gasteiger partial charge in [-0.05, 0) is 30.2 Å². The third kappa shape index (κ3) is 4.65. The number of hydrogen-bond donors (Lipinski definition) is 3. The summed E-state index contributed by atoms with van der Waals surface area (Å²) in [5.74, 6) is -1.10. The van der Waals surface area contributed by atoms with Crippen molar-refractivity contribution in [3.05, 3.63) is 80.6 Å². The number of benzene rings is 2. The number of aromatic nitrogens is 2. The molecular formula is C22H19ClN4O3S. The van der Waals surface area contributed by atoms with Crippen LogP contribution in [0, 0.1) is 6.92 Å². The van der Waals surface area contributed by atoms with Crippen LogP contribution >= 0.6 is 23.4 Å². The quantitative estimate of drug-likeness (QED) is 0.398. The van der Waals surface area contributed by atoms with E-state index in [1.165, 1.54) is 11.8 Å². The Balaban J connectivity index is 1.59. The fourth-order valence-electron chi connectivity index (χ4n) is 3.34. The number of aromatic amines is 1. The molecule has 0 radical (unpaired) electrons. The molecule has 1 aromatic heterocycles. The van der Waals surface area contributed by atoms with Crippen LogP contribution in [0.2, 0.25) is 5.02 Å². The van der Waals surface area contributed by atoms with E-state index in [0.717, 1.165) is 11.1 Å². The Morgan fingerprint density at radius 1 is 1.19 bits per heavy atom. The van der Waals surface area contributed by atoms with Gasteiger partial charge in [-0.15, -0.1) is 0 Å². The molecule has 0 bridgehead atoms. The molecule has 2 heterocycles. The molecule has 1 aliphatic rings. The number of nitrogens with one attached hydrogen (secondary N) is 3. The van der Waals surface area contributed by atoms with Crippen LogP contribution in [0.1, 0.15) is 29.0 Å². The largest absolute Gasteiger partial charge is 0.325 e. The Labute approximate surface area is 187 Å². The van der Waals surface area contributed by atoms with E-state index in [2.05, 4.69) is 20.6 Å². The van der Waals surface area contributed by atoms with Gasteiger partial charge >= 0.3 is 0 Å². The number of carbonyl (C=O) groups is 2. The first-order valence-corrected chi connectivity index (χ1v) is 11.0. The fraction of sp³-hybridized carbons (Fsp3) is 0.182. The van der Waals surface area contributed by atoms with Gasteiger partial charge in [0.15, 0.2) is 5.16 Å². The standard InChI is InChI=1S/C22H19ClN4O3S/c1-12-6-2-5-9-16(12)24-20(29)14-10-17(28)25-19-18(14)21(30)27-22(26-19)31-11-13-7-3-4-8-15(13)23/h2-9,14H,10-11H2,1H3,(H,24,29)(H2,25,26,27,28,30)/t14-/m0/s1. The van der Waals surface area contributed by atoms with Crippen LogP contribution in [0.4, 0.5) is 11.5 Å². The second-order valence-corrected chi connectivity index (χ2v) is 8.49. The number of H-pyrrole nitrogens is 1. The van der Waals surface area contributed by atoms with Gasteiger partial charge in [0.1, 0.15) is 5.82 Å². The highest BCUT2D eigenvalue weighted by Gasteiger charge is 2.34. The molecular weight excluding hydrogens is 436 g/mol. The number of thioether (sulfide) groups is 1. The van der Waals surface area contributed by atoms with Gasteiger partial charge in [-0.25, -0.2) is 4.98 Å². The van der Waals surface area contributed by atoms with Gasteiger partial charge in [0.25, 0.3) is 5.56 Å². The summed E-state index contributed by atoms with van der Waals surface area (Å²) in [6, 6.07) is 14.7. The molecule has 3 aromatic rings. The zero-order valence-electron chi connectivity index (χ0n) is 16.6. The normalized spacial score (nSPS) is 15.2. The van der Waals surface area contributed by atoms with Crippen molar-refractivity contribution < 1.29 is 9.59 Å². The Hall–Kier alpha value is -3.10. The lowest BCUT2D eigenvalue weighted by atomic mass is 9.92. The third-order valence-electron chi connectivity index (χ3n) is 4.97. The van der Waals surface area contributed by atoms with Crippen molar-refractivity contribution in [3.8, 4) is 0 Å². The van der Waals surface area contributed by atoms with Crippen molar-refractivity contribution in [2.75, 3.05) is 10.6 Å². The number of amides is 2. The van der Waals surface area contributed by atoms with Gasteiger partial charge in [-0.3, -0.25) is 14.4 Å². The van der Waals surface area contributed by atoms with Crippen molar-refractivity contribution in [2.24, 2.45) is 0 Å². The number of halogens is 1. The summed E-state index contributed by atoms with van der Waals surface area (Å²) in [4.78, 5) is 45.1. The predicted octanol–water partition coefficient (Wildman–Crippen LogP) is 4.09. The molecule has 0 saturated carbocycles. The molecule has 1 atom stereocenters. The van der Waals surface area contributed by atoms with Gasteiger partial charge in [0.2, 0.25) is 11.8 Å². The molecule has 0 aliphatic carbocycles. The highest BCUT2D eigenvalue weighted by atomic mass is 35.5. The molecule has 2 amide bonds. The number of fused-ring (bicyclic) bond motifs is 1. The van der Waals surface area contributed by atoms with Crippen LogP contribution in [0.15, 0.2) is 58.5 Å². The number of para-hydroxylation sites is 1. The van der Waals surface area contributed by atoms with Crippen LogP contribution in [0.5, 0.6) is 0 Å². The number of aryl methyl sites for hydroxylation is 1. The highest BCUT2D eigenvalue weighted by molar-refractivity contribution is 7.98. The number of hydrogen-bond acceptors (Lipinski definition) is 5. The minimum absolute atomic E-state index is 0.117. The van der Waals surface area contributed by atoms with Crippen molar-refractivity contribution in [2.45, 2.75) is 30.2 Å². The lowest BCUT2D eigenvalue weighted by Crippen LogP contribution is -2.36. The van der Waals surface area contributed by atoms with Gasteiger partial charge in [0, 0.05) is 22.9 Å². The Bertz CT molecular complexity index is 1230. The van der Waals surface area contributed by atoms with E-state index in [4.69, 9.17) is 11.6 Å². The van der Waals surface area contributed by atoms with Crippen molar-refractivity contribution in [1.29, 1.82) is 0 Å². The Morgan fingerprint density at radius 2 is 1.94 bits per heavy atom. The molecule has 0 fully saturated rings. The summed E-state index contributed by atoms with van der Waals surface area (Å²) < 4.78 is 0. The van der Waals surface area contributed by atoms with Crippen LogP contribution in [-0.4, -0.2) is 21.8 Å². The minimum atomic E-state index is -0.928. The van der Waals surface area contributed by atoms with Gasteiger partial charge in [-0.2, -0.15) is 0 Å². The molecule has 4 rings (SSSR count). The summed E-state index contributed by atoms with van der Waals surface area (Å²) in [7, 11) is 0. The summed E-state index contributed by atoms with van der Waals surface area (Å²) in [5.41, 5.74) is 2.13. The lowest BCUT2D eigenvalue weighted by molar-refractivity contribution is -0.123. The molecule has 1 aliphatic heterocycles. The van der Waals surface area contributed by atoms with Crippen molar-refractivity contribution in [1.82, 2.24) is 9.97 Å². The van der Waals surface area contributed by atoms with E-state index in [-0.39, 0.29) is 23.7 Å². The molecule has 31 heavy (non-hydrogen) atoms. The first-order valence-electron chi connectivity index (χ1n) is 9.59. The molecule has 0 spiro atoms. The molecule has 7 nitrogen and oxygen atoms in total. The first-order chi connectivity index (χ1) is 14.9. The van der Waals surface area contributed by atoms with Crippen molar-refractivity contribution >= 4 is 46.7 Å². The molecule has 0 unspecified atom stereocenters. The number of nitrogens with zero attached hydrogens (tertiary/aromatic N) is 1. The van der Waals surface area contributed by atoms with E-state index < -0.39 is 17.4 Å². The lowest BCUT2D eigenvalue weighted by Gasteiger charge is -2.23. The van der Waals surface area contributed by atoms with Crippen LogP contribution in [0.25, 0.3) is 0 Å². The zero-order valence-corrected chi connectivity index (χ0v) is 18.1. The van der Waals surface area contributed by atoms with Gasteiger partial charge < -0.3 is 15.6 Å². The second kappa shape index (κ2) is 8.95. The zero-order chi connectivity index (χ0) is 22.0. The van der Waals surface area contributed by atoms with E-state index in [0.29, 0.717) is 21.6 Å². The number of carbonyl (C=O) groups excluding carboxylic acids is 2. The maximum absolute atomic E-state index is 12.9. The van der Waals surface area contributed by atoms with E-state index in [1.807, 2.05) is 37.3 Å². The number of anilines is 2. The van der Waals surface area contributed by atoms with Gasteiger partial charge in [0.05, 0.1) is 11.5 Å². The summed E-state index contributed by atoms with van der Waals surface area (Å²) in [6.07, 6.45) is -0.123. The minimum Gasteiger partial charge on any atom is -0.325 e. The van der Waals surface area contributed by atoms with E-state index in [1.54, 1.807) is 18.2 Å². The maximum Gasteiger partial charge on any atom is 0.257 e. The van der Waals surface area contributed by atoms with Crippen LogP contribution < -0.4 is 16.2 Å². The topological polar surface area (TPSA) is 104 Å². The average molecular weight is 455 g/mol. The van der Waals surface area contributed by atoms with Crippen LogP contribution in [0.3, 0.4) is 0 Å². The summed E-state index contributed by atoms with van der Waals surface area (Å²) in [5, 5.41) is 6.40. The van der Waals surface area contributed by atoms with Crippen molar-refractivity contribution in [3.63, 3.8) is 0 Å². The first kappa shape index (κ1) is 21.1. The van der Waals surface area contributed by atoms with E-state index >= 15 is 0 Å². The molecule has 9 heteroatoms. The molecule has 2 aromatic carbocycles. The summed E-state index contributed by atoms with van der Waals surface area (Å²) >= 11 is 7.47. The molecule has 158 valence electrons. The smallest absolute Gasteiger partial charge is 0.257 e. The summed E-state index contributed by atoms with van der Waals surface area (Å²) in [6.45, 7) is 1.87. The van der Waals surface area contributed by atoms with Crippen LogP contribution in [-0.2, 0) is 15.3 Å². The predicted molar refractivity (Wildman–Crippen MR) is 122 cm³/mol. The average Bonchev–Trinajstić information content (AvgIpc) is 2.74. The fourth-order valence-corrected chi connectivity index (χ4v) is 4.48. The second-order valence-electron chi connectivity index (χ2n) is 7.12. The SMILES string of the molecule is Cc1ccccc1NC(=O)[C@H]1CC(=O)Nc2nc(SCc3ccccc3Cl)[nH]c(=O)c21.